The minimum atomic E-state index is -0.0194. The third-order valence-electron chi connectivity index (χ3n) is 2.43. The highest BCUT2D eigenvalue weighted by Crippen LogP contribution is 2.10. The van der Waals surface area contributed by atoms with Crippen molar-refractivity contribution in [2.45, 2.75) is 26.2 Å². The fourth-order valence-corrected chi connectivity index (χ4v) is 1.44. The van der Waals surface area contributed by atoms with E-state index in [1.807, 2.05) is 0 Å². The number of Topliss-reactive ketones (excluding diaryl/α,β-unsaturated/α-hetero) is 1. The molecule has 4 heteroatoms. The number of anilines is 1. The molecule has 1 aromatic rings. The highest BCUT2D eigenvalue weighted by atomic mass is 16.1. The van der Waals surface area contributed by atoms with E-state index in [9.17, 15) is 9.59 Å². The van der Waals surface area contributed by atoms with Gasteiger partial charge in [0, 0.05) is 17.7 Å². The normalized spacial score (nSPS) is 10.0. The molecule has 0 spiro atoms. The maximum Gasteiger partial charge on any atom is 0.224 e. The smallest absolute Gasteiger partial charge is 0.224 e. The molecular weight excluding hydrogens is 216 g/mol. The Labute approximate surface area is 101 Å². The molecule has 4 nitrogen and oxygen atoms in total. The average Bonchev–Trinajstić information content (AvgIpc) is 2.30. The van der Waals surface area contributed by atoms with Crippen molar-refractivity contribution in [3.8, 4) is 0 Å². The van der Waals surface area contributed by atoms with Crippen molar-refractivity contribution >= 4 is 17.4 Å². The number of benzene rings is 1. The molecule has 0 saturated heterocycles. The molecular formula is C13H18N2O2. The number of carbonyl (C=O) groups is 2. The van der Waals surface area contributed by atoms with Gasteiger partial charge in [-0.25, -0.2) is 0 Å². The van der Waals surface area contributed by atoms with E-state index in [0.717, 1.165) is 12.8 Å². The largest absolute Gasteiger partial charge is 0.330 e. The van der Waals surface area contributed by atoms with Gasteiger partial charge < -0.3 is 11.1 Å². The minimum absolute atomic E-state index is 0.0193. The zero-order valence-corrected chi connectivity index (χ0v) is 10.0. The molecule has 1 amide bonds. The number of hydrogen-bond donors (Lipinski definition) is 2. The zero-order valence-electron chi connectivity index (χ0n) is 10.0. The molecule has 1 aromatic carbocycles. The Kier molecular flexibility index (Phi) is 5.36. The molecule has 17 heavy (non-hydrogen) atoms. The lowest BCUT2D eigenvalue weighted by Gasteiger charge is -2.05. The zero-order chi connectivity index (χ0) is 12.7. The summed E-state index contributed by atoms with van der Waals surface area (Å²) in [5.74, 6) is -0.000141. The summed E-state index contributed by atoms with van der Waals surface area (Å²) in [5, 5.41) is 2.78. The van der Waals surface area contributed by atoms with Gasteiger partial charge in [-0.05, 0) is 50.6 Å². The lowest BCUT2D eigenvalue weighted by atomic mass is 10.1. The maximum absolute atomic E-state index is 11.5. The van der Waals surface area contributed by atoms with Crippen molar-refractivity contribution < 1.29 is 9.59 Å². The first-order valence-corrected chi connectivity index (χ1v) is 5.74. The van der Waals surface area contributed by atoms with E-state index in [1.54, 1.807) is 24.3 Å². The van der Waals surface area contributed by atoms with Crippen LogP contribution in [0.25, 0.3) is 0 Å². The van der Waals surface area contributed by atoms with E-state index >= 15 is 0 Å². The summed E-state index contributed by atoms with van der Waals surface area (Å²) in [6.07, 6.45) is 2.14. The van der Waals surface area contributed by atoms with Crippen molar-refractivity contribution in [2.75, 3.05) is 11.9 Å². The van der Waals surface area contributed by atoms with Crippen LogP contribution in [0.2, 0.25) is 0 Å². The van der Waals surface area contributed by atoms with Crippen LogP contribution in [0.4, 0.5) is 5.69 Å². The fourth-order valence-electron chi connectivity index (χ4n) is 1.44. The standard InChI is InChI=1S/C13H18N2O2/c1-10(16)11-5-7-12(8-6-11)15-13(17)4-2-3-9-14/h5-8H,2-4,9,14H2,1H3,(H,15,17). The van der Waals surface area contributed by atoms with Crippen LogP contribution < -0.4 is 11.1 Å². The first-order valence-electron chi connectivity index (χ1n) is 5.74. The summed E-state index contributed by atoms with van der Waals surface area (Å²) in [6, 6.07) is 6.88. The van der Waals surface area contributed by atoms with Gasteiger partial charge in [-0.2, -0.15) is 0 Å². The Morgan fingerprint density at radius 3 is 2.35 bits per heavy atom. The van der Waals surface area contributed by atoms with Gasteiger partial charge >= 0.3 is 0 Å². The second-order valence-corrected chi connectivity index (χ2v) is 3.93. The molecule has 0 aliphatic carbocycles. The van der Waals surface area contributed by atoms with Gasteiger partial charge in [-0.15, -0.1) is 0 Å². The molecule has 0 saturated carbocycles. The number of hydrogen-bond acceptors (Lipinski definition) is 3. The number of ketones is 1. The van der Waals surface area contributed by atoms with Gasteiger partial charge in [0.25, 0.3) is 0 Å². The van der Waals surface area contributed by atoms with Crippen LogP contribution in [-0.4, -0.2) is 18.2 Å². The molecule has 0 aliphatic rings. The van der Waals surface area contributed by atoms with Crippen molar-refractivity contribution in [3.63, 3.8) is 0 Å². The van der Waals surface area contributed by atoms with E-state index in [1.165, 1.54) is 6.92 Å². The second kappa shape index (κ2) is 6.81. The SMILES string of the molecule is CC(=O)c1ccc(NC(=O)CCCCN)cc1. The Morgan fingerprint density at radius 2 is 1.82 bits per heavy atom. The Bertz CT molecular complexity index is 385. The Balaban J connectivity index is 2.46. The summed E-state index contributed by atoms with van der Waals surface area (Å²) >= 11 is 0. The van der Waals surface area contributed by atoms with Crippen molar-refractivity contribution in [3.05, 3.63) is 29.8 Å². The molecule has 0 atom stereocenters. The summed E-state index contributed by atoms with van der Waals surface area (Å²) in [4.78, 5) is 22.5. The fraction of sp³-hybridized carbons (Fsp3) is 0.385. The predicted molar refractivity (Wildman–Crippen MR) is 68.0 cm³/mol. The summed E-state index contributed by atoms with van der Waals surface area (Å²) in [5.41, 5.74) is 6.71. The number of amides is 1. The Hall–Kier alpha value is -1.68. The highest BCUT2D eigenvalue weighted by Gasteiger charge is 2.03. The minimum Gasteiger partial charge on any atom is -0.330 e. The number of unbranched alkanes of at least 4 members (excludes halogenated alkanes) is 1. The third-order valence-corrected chi connectivity index (χ3v) is 2.43. The van der Waals surface area contributed by atoms with E-state index in [0.29, 0.717) is 24.2 Å². The first-order chi connectivity index (χ1) is 8.13. The molecule has 1 rings (SSSR count). The van der Waals surface area contributed by atoms with Crippen LogP contribution in [0, 0.1) is 0 Å². The molecule has 0 unspecified atom stereocenters. The van der Waals surface area contributed by atoms with Crippen LogP contribution in [0.15, 0.2) is 24.3 Å². The summed E-state index contributed by atoms with van der Waals surface area (Å²) in [7, 11) is 0. The van der Waals surface area contributed by atoms with Gasteiger partial charge in [-0.3, -0.25) is 9.59 Å². The topological polar surface area (TPSA) is 72.2 Å². The number of nitrogens with one attached hydrogen (secondary N) is 1. The van der Waals surface area contributed by atoms with Crippen LogP contribution in [0.5, 0.6) is 0 Å². The quantitative estimate of drug-likeness (QED) is 0.583. The van der Waals surface area contributed by atoms with Crippen molar-refractivity contribution in [2.24, 2.45) is 5.73 Å². The molecule has 3 N–H and O–H groups in total. The van der Waals surface area contributed by atoms with E-state index < -0.39 is 0 Å². The lowest BCUT2D eigenvalue weighted by Crippen LogP contribution is -2.12. The number of carbonyl (C=O) groups excluding carboxylic acids is 2. The molecule has 0 radical (unpaired) electrons. The third kappa shape index (κ3) is 4.78. The highest BCUT2D eigenvalue weighted by molar-refractivity contribution is 5.95. The molecule has 0 aromatic heterocycles. The van der Waals surface area contributed by atoms with E-state index in [-0.39, 0.29) is 11.7 Å². The van der Waals surface area contributed by atoms with Gasteiger partial charge in [0.2, 0.25) is 5.91 Å². The number of rotatable bonds is 6. The average molecular weight is 234 g/mol. The van der Waals surface area contributed by atoms with Gasteiger partial charge in [0.1, 0.15) is 0 Å². The Morgan fingerprint density at radius 1 is 1.18 bits per heavy atom. The monoisotopic (exact) mass is 234 g/mol. The van der Waals surface area contributed by atoms with Gasteiger partial charge in [0.05, 0.1) is 0 Å². The van der Waals surface area contributed by atoms with Gasteiger partial charge in [0.15, 0.2) is 5.78 Å². The van der Waals surface area contributed by atoms with E-state index in [2.05, 4.69) is 5.32 Å². The van der Waals surface area contributed by atoms with Gasteiger partial charge in [-0.1, -0.05) is 0 Å². The van der Waals surface area contributed by atoms with Crippen LogP contribution >= 0.6 is 0 Å². The van der Waals surface area contributed by atoms with Crippen molar-refractivity contribution in [1.82, 2.24) is 0 Å². The summed E-state index contributed by atoms with van der Waals surface area (Å²) < 4.78 is 0. The molecule has 0 aliphatic heterocycles. The lowest BCUT2D eigenvalue weighted by molar-refractivity contribution is -0.116. The van der Waals surface area contributed by atoms with Crippen LogP contribution in [0.1, 0.15) is 36.5 Å². The molecule has 0 fully saturated rings. The molecule has 0 heterocycles. The molecule has 0 bridgehead atoms. The molecule has 92 valence electrons. The first kappa shape index (κ1) is 13.4. The number of nitrogens with two attached hydrogens (primary N) is 1. The summed E-state index contributed by atoms with van der Waals surface area (Å²) in [6.45, 7) is 2.13. The second-order valence-electron chi connectivity index (χ2n) is 3.93. The van der Waals surface area contributed by atoms with Crippen molar-refractivity contribution in [1.29, 1.82) is 0 Å². The van der Waals surface area contributed by atoms with E-state index in [4.69, 9.17) is 5.73 Å². The maximum atomic E-state index is 11.5. The van der Waals surface area contributed by atoms with Crippen LogP contribution in [-0.2, 0) is 4.79 Å². The van der Waals surface area contributed by atoms with Crippen LogP contribution in [0.3, 0.4) is 0 Å². The predicted octanol–water partition coefficient (Wildman–Crippen LogP) is 1.96.